The van der Waals surface area contributed by atoms with Gasteiger partial charge in [-0.1, -0.05) is 18.2 Å². The number of rotatable bonds is 4. The van der Waals surface area contributed by atoms with Crippen molar-refractivity contribution in [2.45, 2.75) is 38.5 Å². The Kier molecular flexibility index (Phi) is 5.58. The van der Waals surface area contributed by atoms with Crippen molar-refractivity contribution in [3.8, 4) is 5.75 Å². The molecule has 6 nitrogen and oxygen atoms in total. The molecule has 3 aromatic rings. The predicted molar refractivity (Wildman–Crippen MR) is 115 cm³/mol. The molecule has 2 atom stereocenters. The minimum absolute atomic E-state index is 0.0876. The molecule has 0 saturated heterocycles. The van der Waals surface area contributed by atoms with E-state index in [1.54, 1.807) is 36.4 Å². The van der Waals surface area contributed by atoms with Crippen LogP contribution >= 0.6 is 0 Å². The predicted octanol–water partition coefficient (Wildman–Crippen LogP) is 5.42. The summed E-state index contributed by atoms with van der Waals surface area (Å²) in [6, 6.07) is 11.2. The molecule has 0 radical (unpaired) electrons. The fraction of sp³-hybridized carbons (Fsp3) is 0.304. The van der Waals surface area contributed by atoms with Gasteiger partial charge in [-0.3, -0.25) is 4.79 Å². The molecule has 1 aliphatic rings. The third kappa shape index (κ3) is 4.28. The van der Waals surface area contributed by atoms with Crippen LogP contribution < -0.4 is 15.4 Å². The van der Waals surface area contributed by atoms with Crippen molar-refractivity contribution >= 4 is 17.4 Å². The number of fused-ring (bicyclic) bond motifs is 1. The van der Waals surface area contributed by atoms with Crippen LogP contribution in [0.1, 0.15) is 45.7 Å². The summed E-state index contributed by atoms with van der Waals surface area (Å²) in [4.78, 5) is 12.7. The van der Waals surface area contributed by atoms with Crippen LogP contribution in [0.15, 0.2) is 48.5 Å². The van der Waals surface area contributed by atoms with Gasteiger partial charge < -0.3 is 15.4 Å². The molecule has 168 valence electrons. The lowest BCUT2D eigenvalue weighted by atomic mass is 9.97. The number of aromatic nitrogens is 2. The first-order valence-electron chi connectivity index (χ1n) is 10.1. The first-order chi connectivity index (χ1) is 15.2. The van der Waals surface area contributed by atoms with Crippen molar-refractivity contribution < 1.29 is 22.7 Å². The Balaban J connectivity index is 1.62. The molecule has 2 aromatic carbocycles. The number of methoxy groups -OCH3 is 1. The van der Waals surface area contributed by atoms with Crippen molar-refractivity contribution in [2.24, 2.45) is 0 Å². The number of hydrogen-bond donors (Lipinski definition) is 2. The van der Waals surface area contributed by atoms with Gasteiger partial charge in [-0.2, -0.15) is 18.3 Å². The normalized spacial score (nSPS) is 17.9. The second-order valence-corrected chi connectivity index (χ2v) is 7.88. The Bertz CT molecular complexity index is 1140. The van der Waals surface area contributed by atoms with Crippen LogP contribution in [0.25, 0.3) is 0 Å². The third-order valence-electron chi connectivity index (χ3n) is 5.71. The average molecular weight is 444 g/mol. The van der Waals surface area contributed by atoms with E-state index >= 15 is 0 Å². The molecular formula is C23H23F3N4O2. The van der Waals surface area contributed by atoms with Gasteiger partial charge in [-0.25, -0.2) is 4.68 Å². The number of nitrogens with one attached hydrogen (secondary N) is 2. The summed E-state index contributed by atoms with van der Waals surface area (Å²) in [6.07, 6.45) is -4.77. The summed E-state index contributed by atoms with van der Waals surface area (Å²) >= 11 is 0. The van der Waals surface area contributed by atoms with E-state index in [1.165, 1.54) is 13.2 Å². The van der Waals surface area contributed by atoms with Gasteiger partial charge >= 0.3 is 6.18 Å². The first kappa shape index (κ1) is 21.7. The summed E-state index contributed by atoms with van der Waals surface area (Å²) in [7, 11) is 1.52. The highest BCUT2D eigenvalue weighted by atomic mass is 19.4. The number of carbonyl (C=O) groups is 1. The quantitative estimate of drug-likeness (QED) is 0.564. The molecule has 0 bridgehead atoms. The molecule has 2 N–H and O–H groups in total. The van der Waals surface area contributed by atoms with Gasteiger partial charge in [0.1, 0.15) is 11.6 Å². The fourth-order valence-corrected chi connectivity index (χ4v) is 3.75. The number of amides is 1. The van der Waals surface area contributed by atoms with Gasteiger partial charge in [0.05, 0.1) is 13.2 Å². The van der Waals surface area contributed by atoms with Gasteiger partial charge in [0.2, 0.25) is 0 Å². The molecule has 0 saturated carbocycles. The van der Waals surface area contributed by atoms with E-state index in [0.29, 0.717) is 17.0 Å². The Morgan fingerprint density at radius 3 is 2.47 bits per heavy atom. The lowest BCUT2D eigenvalue weighted by Crippen LogP contribution is -2.35. The van der Waals surface area contributed by atoms with Gasteiger partial charge in [-0.15, -0.1) is 0 Å². The second kappa shape index (κ2) is 8.22. The number of ether oxygens (including phenoxy) is 1. The van der Waals surface area contributed by atoms with Crippen molar-refractivity contribution in [3.05, 3.63) is 70.9 Å². The van der Waals surface area contributed by atoms with Crippen molar-refractivity contribution in [1.29, 1.82) is 0 Å². The summed E-state index contributed by atoms with van der Waals surface area (Å²) in [5, 5.41) is 9.79. The topological polar surface area (TPSA) is 68.2 Å². The maximum Gasteiger partial charge on any atom is 0.410 e. The van der Waals surface area contributed by atoms with E-state index in [-0.39, 0.29) is 17.9 Å². The van der Waals surface area contributed by atoms with E-state index in [0.717, 1.165) is 15.8 Å². The molecule has 9 heteroatoms. The summed E-state index contributed by atoms with van der Waals surface area (Å²) in [5.41, 5.74) is 3.22. The smallest absolute Gasteiger partial charge is 0.410 e. The summed E-state index contributed by atoms with van der Waals surface area (Å²) in [5.74, 6) is 0.191. The maximum atomic E-state index is 13.9. The van der Waals surface area contributed by atoms with Crippen molar-refractivity contribution in [2.75, 3.05) is 17.7 Å². The van der Waals surface area contributed by atoms with E-state index in [9.17, 15) is 18.0 Å². The molecule has 0 fully saturated rings. The van der Waals surface area contributed by atoms with Crippen LogP contribution in [-0.2, 0) is 0 Å². The van der Waals surface area contributed by atoms with Crippen LogP contribution in [-0.4, -0.2) is 29.0 Å². The van der Waals surface area contributed by atoms with Crippen LogP contribution in [0.4, 0.5) is 24.7 Å². The number of halogens is 3. The van der Waals surface area contributed by atoms with Crippen LogP contribution in [0.5, 0.6) is 5.75 Å². The molecule has 32 heavy (non-hydrogen) atoms. The zero-order chi connectivity index (χ0) is 23.0. The van der Waals surface area contributed by atoms with E-state index in [4.69, 9.17) is 4.74 Å². The molecule has 0 unspecified atom stereocenters. The van der Waals surface area contributed by atoms with E-state index in [1.807, 2.05) is 19.9 Å². The van der Waals surface area contributed by atoms with Gasteiger partial charge in [0, 0.05) is 18.2 Å². The van der Waals surface area contributed by atoms with Crippen LogP contribution in [0, 0.1) is 13.8 Å². The minimum Gasteiger partial charge on any atom is -0.497 e. The molecule has 1 aromatic heterocycles. The molecule has 1 amide bonds. The van der Waals surface area contributed by atoms with Gasteiger partial charge in [0.25, 0.3) is 5.91 Å². The number of aryl methyl sites for hydroxylation is 2. The van der Waals surface area contributed by atoms with Gasteiger partial charge in [0.15, 0.2) is 11.7 Å². The fourth-order valence-electron chi connectivity index (χ4n) is 3.75. The highest BCUT2D eigenvalue weighted by Gasteiger charge is 2.46. The zero-order valence-corrected chi connectivity index (χ0v) is 17.8. The standard InChI is InChI=1S/C23H23F3N4O2/c1-13-4-7-16(10-14(13)2)27-22(31)19-12-21-28-18(15-5-8-17(32-3)9-6-15)11-20(23(24,25)26)30(21)29-19/h4-10,12,18,20,28H,11H2,1-3H3,(H,27,31)/t18-,20-/m1/s1. The third-order valence-corrected chi connectivity index (χ3v) is 5.71. The Morgan fingerprint density at radius 1 is 1.12 bits per heavy atom. The number of nitrogens with zero attached hydrogens (tertiary/aromatic N) is 2. The number of carbonyl (C=O) groups excluding carboxylic acids is 1. The number of benzene rings is 2. The molecule has 1 aliphatic heterocycles. The van der Waals surface area contributed by atoms with Crippen LogP contribution in [0.3, 0.4) is 0 Å². The lowest BCUT2D eigenvalue weighted by molar-refractivity contribution is -0.173. The highest BCUT2D eigenvalue weighted by Crippen LogP contribution is 2.43. The van der Waals surface area contributed by atoms with E-state index < -0.39 is 24.2 Å². The molecule has 0 spiro atoms. The van der Waals surface area contributed by atoms with E-state index in [2.05, 4.69) is 15.7 Å². The monoisotopic (exact) mass is 444 g/mol. The number of hydrogen-bond acceptors (Lipinski definition) is 4. The largest absolute Gasteiger partial charge is 0.497 e. The van der Waals surface area contributed by atoms with Crippen molar-refractivity contribution in [1.82, 2.24) is 9.78 Å². The molecular weight excluding hydrogens is 421 g/mol. The second-order valence-electron chi connectivity index (χ2n) is 7.88. The zero-order valence-electron chi connectivity index (χ0n) is 17.8. The highest BCUT2D eigenvalue weighted by molar-refractivity contribution is 6.03. The summed E-state index contributed by atoms with van der Waals surface area (Å²) in [6.45, 7) is 3.87. The maximum absolute atomic E-state index is 13.9. The lowest BCUT2D eigenvalue weighted by Gasteiger charge is -2.33. The Labute approximate surface area is 183 Å². The Hall–Kier alpha value is -3.49. The number of alkyl halides is 3. The average Bonchev–Trinajstić information content (AvgIpc) is 3.19. The number of anilines is 2. The molecule has 0 aliphatic carbocycles. The molecule has 4 rings (SSSR count). The Morgan fingerprint density at radius 2 is 1.84 bits per heavy atom. The SMILES string of the molecule is COc1ccc([C@H]2C[C@H](C(F)(F)F)n3nc(C(=O)Nc4ccc(C)c(C)c4)cc3N2)cc1. The molecule has 2 heterocycles. The van der Waals surface area contributed by atoms with Crippen molar-refractivity contribution in [3.63, 3.8) is 0 Å². The van der Waals surface area contributed by atoms with Crippen LogP contribution in [0.2, 0.25) is 0 Å². The minimum atomic E-state index is -4.52. The first-order valence-corrected chi connectivity index (χ1v) is 10.1. The summed E-state index contributed by atoms with van der Waals surface area (Å²) < 4.78 is 47.6. The van der Waals surface area contributed by atoms with Gasteiger partial charge in [-0.05, 0) is 54.8 Å².